The van der Waals surface area contributed by atoms with Crippen LogP contribution in [0, 0.1) is 0 Å². The Morgan fingerprint density at radius 1 is 1.07 bits per heavy atom. The molecule has 1 aliphatic heterocycles. The molecular weight excluding hydrogens is 342 g/mol. The molecule has 8 heteroatoms. The van der Waals surface area contributed by atoms with Gasteiger partial charge in [0, 0.05) is 49.1 Å². The third kappa shape index (κ3) is 4.17. The molecule has 0 aliphatic carbocycles. The van der Waals surface area contributed by atoms with Crippen LogP contribution < -0.4 is 10.1 Å². The average molecular weight is 363 g/mol. The number of methoxy groups -OCH3 is 1. The van der Waals surface area contributed by atoms with Gasteiger partial charge < -0.3 is 10.1 Å². The lowest BCUT2D eigenvalue weighted by molar-refractivity contribution is 0.247. The lowest BCUT2D eigenvalue weighted by Gasteiger charge is -2.25. The molecule has 1 N–H and O–H groups in total. The van der Waals surface area contributed by atoms with E-state index in [1.54, 1.807) is 25.7 Å². The molecular formula is C19H21N7O. The number of pyridine rings is 1. The number of ether oxygens (including phenoxy) is 1. The minimum absolute atomic E-state index is 0.345. The molecule has 1 fully saturated rings. The largest absolute Gasteiger partial charge is 0.467 e. The highest BCUT2D eigenvalue weighted by molar-refractivity contribution is 5.51. The van der Waals surface area contributed by atoms with E-state index >= 15 is 0 Å². The highest BCUT2D eigenvalue weighted by atomic mass is 16.5. The quantitative estimate of drug-likeness (QED) is 0.715. The van der Waals surface area contributed by atoms with Crippen LogP contribution in [0.5, 0.6) is 6.01 Å². The van der Waals surface area contributed by atoms with Crippen LogP contribution in [-0.2, 0) is 6.54 Å². The Morgan fingerprint density at radius 2 is 1.93 bits per heavy atom. The van der Waals surface area contributed by atoms with E-state index in [0.717, 1.165) is 37.3 Å². The first-order valence-electron chi connectivity index (χ1n) is 8.90. The third-order valence-corrected chi connectivity index (χ3v) is 4.60. The second kappa shape index (κ2) is 8.05. The standard InChI is InChI=1S/C19H21N7O/c1-27-19-23-10-14(11-24-19)13-26-8-2-3-16(26)15-4-5-21-17(9-15)25-18-12-20-6-7-22-18/h4-7,9-12,16H,2-3,8,13H2,1H3,(H,21,22,25). The van der Waals surface area contributed by atoms with Crippen LogP contribution in [-0.4, -0.2) is 43.5 Å². The first kappa shape index (κ1) is 17.3. The van der Waals surface area contributed by atoms with Crippen LogP contribution in [0.2, 0.25) is 0 Å². The number of nitrogens with zero attached hydrogens (tertiary/aromatic N) is 6. The summed E-state index contributed by atoms with van der Waals surface area (Å²) in [6.45, 7) is 1.86. The molecule has 8 nitrogen and oxygen atoms in total. The van der Waals surface area contributed by atoms with Gasteiger partial charge in [-0.15, -0.1) is 0 Å². The Hall–Kier alpha value is -3.13. The van der Waals surface area contributed by atoms with Gasteiger partial charge in [-0.1, -0.05) is 0 Å². The van der Waals surface area contributed by atoms with Crippen LogP contribution >= 0.6 is 0 Å². The van der Waals surface area contributed by atoms with Gasteiger partial charge in [0.25, 0.3) is 0 Å². The molecule has 1 atom stereocenters. The molecule has 3 aromatic heterocycles. The van der Waals surface area contributed by atoms with Gasteiger partial charge in [-0.3, -0.25) is 9.88 Å². The summed E-state index contributed by atoms with van der Waals surface area (Å²) in [5.41, 5.74) is 2.32. The van der Waals surface area contributed by atoms with E-state index in [9.17, 15) is 0 Å². The van der Waals surface area contributed by atoms with Crippen LogP contribution in [0.1, 0.15) is 30.0 Å². The number of likely N-dealkylation sites (tertiary alicyclic amines) is 1. The zero-order valence-electron chi connectivity index (χ0n) is 15.1. The molecule has 27 heavy (non-hydrogen) atoms. The molecule has 1 unspecified atom stereocenters. The summed E-state index contributed by atoms with van der Waals surface area (Å²) in [6, 6.07) is 4.90. The summed E-state index contributed by atoms with van der Waals surface area (Å²) in [5, 5.41) is 3.21. The Labute approximate surface area is 157 Å². The third-order valence-electron chi connectivity index (χ3n) is 4.60. The first-order valence-corrected chi connectivity index (χ1v) is 8.90. The summed E-state index contributed by atoms with van der Waals surface area (Å²) in [6.07, 6.45) is 12.8. The highest BCUT2D eigenvalue weighted by Crippen LogP contribution is 2.33. The Balaban J connectivity index is 1.48. The van der Waals surface area contributed by atoms with Crippen molar-refractivity contribution in [2.75, 3.05) is 19.0 Å². The van der Waals surface area contributed by atoms with E-state index < -0.39 is 0 Å². The summed E-state index contributed by atoms with van der Waals surface area (Å²) >= 11 is 0. The van der Waals surface area contributed by atoms with Crippen LogP contribution in [0.4, 0.5) is 11.6 Å². The van der Waals surface area contributed by atoms with Crippen molar-refractivity contribution in [3.8, 4) is 6.01 Å². The number of rotatable bonds is 6. The molecule has 3 aromatic rings. The molecule has 0 amide bonds. The predicted molar refractivity (Wildman–Crippen MR) is 101 cm³/mol. The van der Waals surface area contributed by atoms with Gasteiger partial charge in [0.15, 0.2) is 0 Å². The van der Waals surface area contributed by atoms with Gasteiger partial charge in [0.05, 0.1) is 13.3 Å². The van der Waals surface area contributed by atoms with Gasteiger partial charge in [0.2, 0.25) is 0 Å². The molecule has 138 valence electrons. The fourth-order valence-electron chi connectivity index (χ4n) is 3.37. The van der Waals surface area contributed by atoms with E-state index in [4.69, 9.17) is 4.74 Å². The van der Waals surface area contributed by atoms with Crippen molar-refractivity contribution in [3.05, 3.63) is 60.4 Å². The van der Waals surface area contributed by atoms with Crippen LogP contribution in [0.25, 0.3) is 0 Å². The van der Waals surface area contributed by atoms with Crippen molar-refractivity contribution >= 4 is 11.6 Å². The normalized spacial score (nSPS) is 17.0. The molecule has 1 aliphatic rings. The Bertz CT molecular complexity index is 873. The fourth-order valence-corrected chi connectivity index (χ4v) is 3.37. The number of anilines is 2. The van der Waals surface area contributed by atoms with Gasteiger partial charge in [0.1, 0.15) is 11.6 Å². The minimum atomic E-state index is 0.345. The van der Waals surface area contributed by atoms with Crippen LogP contribution in [0.15, 0.2) is 49.3 Å². The topological polar surface area (TPSA) is 89.0 Å². The van der Waals surface area contributed by atoms with Crippen molar-refractivity contribution < 1.29 is 4.74 Å². The second-order valence-corrected chi connectivity index (χ2v) is 6.40. The number of nitrogens with one attached hydrogen (secondary N) is 1. The lowest BCUT2D eigenvalue weighted by Crippen LogP contribution is -2.23. The van der Waals surface area contributed by atoms with Gasteiger partial charge in [-0.25, -0.2) is 19.9 Å². The maximum absolute atomic E-state index is 5.03. The minimum Gasteiger partial charge on any atom is -0.467 e. The smallest absolute Gasteiger partial charge is 0.316 e. The molecule has 4 heterocycles. The zero-order chi connectivity index (χ0) is 18.5. The Kier molecular flexibility index (Phi) is 5.15. The van der Waals surface area contributed by atoms with Crippen molar-refractivity contribution in [2.24, 2.45) is 0 Å². The summed E-state index contributed by atoms with van der Waals surface area (Å²) < 4.78 is 5.03. The van der Waals surface area contributed by atoms with Crippen molar-refractivity contribution in [3.63, 3.8) is 0 Å². The van der Waals surface area contributed by atoms with Crippen molar-refractivity contribution in [1.82, 2.24) is 29.8 Å². The predicted octanol–water partition coefficient (Wildman–Crippen LogP) is 2.75. The molecule has 1 saturated heterocycles. The van der Waals surface area contributed by atoms with E-state index in [1.807, 2.05) is 18.6 Å². The molecule has 0 radical (unpaired) electrons. The Morgan fingerprint density at radius 3 is 2.70 bits per heavy atom. The monoisotopic (exact) mass is 363 g/mol. The summed E-state index contributed by atoms with van der Waals surface area (Å²) in [4.78, 5) is 23.6. The lowest BCUT2D eigenvalue weighted by atomic mass is 10.1. The van der Waals surface area contributed by atoms with Crippen molar-refractivity contribution in [1.29, 1.82) is 0 Å². The highest BCUT2D eigenvalue weighted by Gasteiger charge is 2.26. The maximum atomic E-state index is 5.03. The first-order chi connectivity index (χ1) is 13.3. The molecule has 0 spiro atoms. The van der Waals surface area contributed by atoms with Crippen molar-refractivity contribution in [2.45, 2.75) is 25.4 Å². The number of aromatic nitrogens is 5. The van der Waals surface area contributed by atoms with E-state index in [0.29, 0.717) is 17.9 Å². The van der Waals surface area contributed by atoms with Gasteiger partial charge in [-0.2, -0.15) is 0 Å². The molecule has 0 aromatic carbocycles. The number of hydrogen-bond acceptors (Lipinski definition) is 8. The maximum Gasteiger partial charge on any atom is 0.316 e. The van der Waals surface area contributed by atoms with E-state index in [-0.39, 0.29) is 0 Å². The molecule has 0 saturated carbocycles. The second-order valence-electron chi connectivity index (χ2n) is 6.40. The van der Waals surface area contributed by atoms with Crippen LogP contribution in [0.3, 0.4) is 0 Å². The van der Waals surface area contributed by atoms with Gasteiger partial charge >= 0.3 is 6.01 Å². The van der Waals surface area contributed by atoms with E-state index in [1.165, 1.54) is 5.56 Å². The average Bonchev–Trinajstić information content (AvgIpc) is 3.18. The molecule has 4 rings (SSSR count). The number of hydrogen-bond donors (Lipinski definition) is 1. The SMILES string of the molecule is COc1ncc(CN2CCCC2c2ccnc(Nc3cnccn3)c2)cn1. The fraction of sp³-hybridized carbons (Fsp3) is 0.316. The van der Waals surface area contributed by atoms with Gasteiger partial charge in [-0.05, 0) is 37.1 Å². The zero-order valence-corrected chi connectivity index (χ0v) is 15.1. The summed E-state index contributed by atoms with van der Waals surface area (Å²) in [5.74, 6) is 1.45. The summed E-state index contributed by atoms with van der Waals surface area (Å²) in [7, 11) is 1.57. The molecule has 0 bridgehead atoms. The van der Waals surface area contributed by atoms with E-state index in [2.05, 4.69) is 47.3 Å².